The molecule has 1 aliphatic heterocycles. The van der Waals surface area contributed by atoms with Crippen LogP contribution in [0.2, 0.25) is 0 Å². The highest BCUT2D eigenvalue weighted by Crippen LogP contribution is 2.57. The summed E-state index contributed by atoms with van der Waals surface area (Å²) in [6.07, 6.45) is 0. The van der Waals surface area contributed by atoms with Gasteiger partial charge in [-0.05, 0) is 126 Å². The Hall–Kier alpha value is -6.38. The number of anilines is 6. The molecular weight excluding hydrogens is 617 g/mol. The van der Waals surface area contributed by atoms with Gasteiger partial charge in [-0.25, -0.2) is 0 Å². The number of rotatable bonds is 2. The van der Waals surface area contributed by atoms with Gasteiger partial charge in [-0.1, -0.05) is 123 Å². The van der Waals surface area contributed by atoms with Gasteiger partial charge in [0.1, 0.15) is 0 Å². The van der Waals surface area contributed by atoms with Crippen molar-refractivity contribution in [3.05, 3.63) is 181 Å². The Morgan fingerprint density at radius 1 is 0.353 bits per heavy atom. The van der Waals surface area contributed by atoms with Crippen molar-refractivity contribution in [2.45, 2.75) is 19.3 Å². The molecule has 0 N–H and O–H groups in total. The minimum atomic E-state index is -0.192. The van der Waals surface area contributed by atoms with Crippen molar-refractivity contribution >= 4 is 77.2 Å². The largest absolute Gasteiger partial charge is 0.306 e. The fraction of sp³-hybridized carbons (Fsp3) is 0.0612. The van der Waals surface area contributed by atoms with Gasteiger partial charge in [0.25, 0.3) is 0 Å². The average Bonchev–Trinajstić information content (AvgIpc) is 3.40. The monoisotopic (exact) mass is 650 g/mol. The van der Waals surface area contributed by atoms with Crippen LogP contribution in [-0.2, 0) is 5.41 Å². The number of benzene rings is 9. The maximum atomic E-state index is 2.52. The second-order valence-corrected chi connectivity index (χ2v) is 14.5. The summed E-state index contributed by atoms with van der Waals surface area (Å²) < 4.78 is 0. The van der Waals surface area contributed by atoms with Crippen LogP contribution in [0.25, 0.3) is 54.2 Å². The Labute approximate surface area is 297 Å². The van der Waals surface area contributed by atoms with Crippen molar-refractivity contribution in [2.24, 2.45) is 0 Å². The lowest BCUT2D eigenvalue weighted by atomic mass is 9.80. The zero-order valence-electron chi connectivity index (χ0n) is 28.6. The highest BCUT2D eigenvalue weighted by atomic mass is 15.3. The molecular formula is C49H34N2. The van der Waals surface area contributed by atoms with E-state index in [0.717, 1.165) is 5.69 Å². The highest BCUT2D eigenvalue weighted by molar-refractivity contribution is 6.32. The fourth-order valence-electron chi connectivity index (χ4n) is 9.15. The highest BCUT2D eigenvalue weighted by Gasteiger charge is 2.38. The number of fused-ring (bicyclic) bond motifs is 13. The first-order valence-electron chi connectivity index (χ1n) is 17.9. The lowest BCUT2D eigenvalue weighted by Gasteiger charge is -2.40. The Balaban J connectivity index is 1.14. The molecule has 11 rings (SSSR count). The van der Waals surface area contributed by atoms with Crippen molar-refractivity contribution in [3.8, 4) is 11.1 Å². The zero-order valence-corrected chi connectivity index (χ0v) is 28.6. The molecule has 0 aromatic heterocycles. The van der Waals surface area contributed by atoms with E-state index in [1.807, 2.05) is 0 Å². The molecule has 0 bridgehead atoms. The van der Waals surface area contributed by atoms with E-state index in [-0.39, 0.29) is 5.41 Å². The Morgan fingerprint density at radius 2 is 0.902 bits per heavy atom. The van der Waals surface area contributed by atoms with Crippen LogP contribution in [0.15, 0.2) is 170 Å². The van der Waals surface area contributed by atoms with Crippen molar-refractivity contribution in [2.75, 3.05) is 9.80 Å². The van der Waals surface area contributed by atoms with Gasteiger partial charge >= 0.3 is 0 Å². The number of para-hydroxylation sites is 5. The summed E-state index contributed by atoms with van der Waals surface area (Å²) in [5.74, 6) is 0. The molecule has 0 amide bonds. The zero-order chi connectivity index (χ0) is 33.8. The van der Waals surface area contributed by atoms with Crippen LogP contribution in [0.5, 0.6) is 0 Å². The molecule has 0 atom stereocenters. The van der Waals surface area contributed by atoms with E-state index in [1.165, 1.54) is 93.8 Å². The maximum Gasteiger partial charge on any atom is 0.0703 e. The number of hydrogen-bond donors (Lipinski definition) is 0. The van der Waals surface area contributed by atoms with E-state index < -0.39 is 0 Å². The van der Waals surface area contributed by atoms with Crippen molar-refractivity contribution in [3.63, 3.8) is 0 Å². The summed E-state index contributed by atoms with van der Waals surface area (Å²) in [4.78, 5) is 4.84. The van der Waals surface area contributed by atoms with Gasteiger partial charge in [-0.3, -0.25) is 0 Å². The molecule has 9 aromatic rings. The summed E-state index contributed by atoms with van der Waals surface area (Å²) in [6, 6.07) is 62.8. The molecule has 240 valence electrons. The quantitative estimate of drug-likeness (QED) is 0.172. The SMILES string of the molecule is CC1(C)c2cc(N3c4ccccc4N(c4ccccc4)c4ccccc43)ccc2-c2cc3c4ccccc4c4ccc5ccccc5c4c3cc21. The van der Waals surface area contributed by atoms with Crippen LogP contribution in [0.3, 0.4) is 0 Å². The van der Waals surface area contributed by atoms with Gasteiger partial charge in [0.2, 0.25) is 0 Å². The van der Waals surface area contributed by atoms with Gasteiger partial charge in [0.05, 0.1) is 22.7 Å². The summed E-state index contributed by atoms with van der Waals surface area (Å²) in [5.41, 5.74) is 12.2. The van der Waals surface area contributed by atoms with E-state index in [9.17, 15) is 0 Å². The third kappa shape index (κ3) is 3.88. The predicted molar refractivity (Wildman–Crippen MR) is 217 cm³/mol. The van der Waals surface area contributed by atoms with E-state index in [2.05, 4.69) is 194 Å². The molecule has 51 heavy (non-hydrogen) atoms. The van der Waals surface area contributed by atoms with Crippen molar-refractivity contribution in [1.82, 2.24) is 0 Å². The second-order valence-electron chi connectivity index (χ2n) is 14.5. The molecule has 1 aliphatic carbocycles. The first-order valence-corrected chi connectivity index (χ1v) is 17.9. The van der Waals surface area contributed by atoms with Crippen LogP contribution >= 0.6 is 0 Å². The van der Waals surface area contributed by atoms with Crippen molar-refractivity contribution in [1.29, 1.82) is 0 Å². The first kappa shape index (κ1) is 28.5. The van der Waals surface area contributed by atoms with Gasteiger partial charge in [-0.2, -0.15) is 0 Å². The van der Waals surface area contributed by atoms with E-state index in [4.69, 9.17) is 0 Å². The summed E-state index contributed by atoms with van der Waals surface area (Å²) in [6.45, 7) is 4.81. The Morgan fingerprint density at radius 3 is 1.59 bits per heavy atom. The van der Waals surface area contributed by atoms with Crippen molar-refractivity contribution < 1.29 is 0 Å². The van der Waals surface area contributed by atoms with E-state index in [1.54, 1.807) is 0 Å². The minimum Gasteiger partial charge on any atom is -0.306 e. The number of hydrogen-bond acceptors (Lipinski definition) is 2. The average molecular weight is 651 g/mol. The molecule has 2 heteroatoms. The molecule has 1 heterocycles. The molecule has 0 spiro atoms. The minimum absolute atomic E-state index is 0.192. The lowest BCUT2D eigenvalue weighted by Crippen LogP contribution is -2.24. The van der Waals surface area contributed by atoms with Gasteiger partial charge in [0, 0.05) is 16.8 Å². The molecule has 0 saturated carbocycles. The van der Waals surface area contributed by atoms with Crippen LogP contribution < -0.4 is 9.80 Å². The third-order valence-corrected chi connectivity index (χ3v) is 11.5. The van der Waals surface area contributed by atoms with Gasteiger partial charge in [-0.15, -0.1) is 0 Å². The first-order chi connectivity index (χ1) is 25.1. The summed E-state index contributed by atoms with van der Waals surface area (Å²) in [7, 11) is 0. The van der Waals surface area contributed by atoms with Crippen LogP contribution in [-0.4, -0.2) is 0 Å². The summed E-state index contributed by atoms with van der Waals surface area (Å²) in [5, 5.41) is 10.5. The summed E-state index contributed by atoms with van der Waals surface area (Å²) >= 11 is 0. The van der Waals surface area contributed by atoms with Crippen LogP contribution in [0, 0.1) is 0 Å². The third-order valence-electron chi connectivity index (χ3n) is 11.5. The smallest absolute Gasteiger partial charge is 0.0703 e. The normalized spacial score (nSPS) is 14.2. The Kier molecular flexibility index (Phi) is 5.76. The standard InChI is InChI=1S/C49H34N2/c1-49(2)42-28-33(51-46-22-12-10-20-44(46)50(32-15-4-3-5-16-32)45-21-11-13-23-47(45)51)25-27-37(42)40-29-39-36-19-9-8-18-35(36)38-26-24-31-14-6-7-17-34(31)48(38)41(39)30-43(40)49/h3-30H,1-2H3. The topological polar surface area (TPSA) is 6.48 Å². The molecule has 2 aliphatic rings. The second kappa shape index (κ2) is 10.3. The maximum absolute atomic E-state index is 2.52. The number of nitrogens with zero attached hydrogens (tertiary/aromatic N) is 2. The van der Waals surface area contributed by atoms with E-state index in [0.29, 0.717) is 0 Å². The molecule has 2 nitrogen and oxygen atoms in total. The van der Waals surface area contributed by atoms with Gasteiger partial charge in [0.15, 0.2) is 0 Å². The Bertz CT molecular complexity index is 2850. The molecule has 0 saturated heterocycles. The fourth-order valence-corrected chi connectivity index (χ4v) is 9.15. The van der Waals surface area contributed by atoms with Gasteiger partial charge < -0.3 is 9.80 Å². The molecule has 9 aromatic carbocycles. The van der Waals surface area contributed by atoms with Crippen LogP contribution in [0.4, 0.5) is 34.1 Å². The van der Waals surface area contributed by atoms with Crippen LogP contribution in [0.1, 0.15) is 25.0 Å². The molecule has 0 radical (unpaired) electrons. The molecule has 0 fully saturated rings. The molecule has 0 unspecified atom stereocenters. The van der Waals surface area contributed by atoms with E-state index >= 15 is 0 Å². The predicted octanol–water partition coefficient (Wildman–Crippen LogP) is 13.9. The lowest BCUT2D eigenvalue weighted by molar-refractivity contribution is 0.661.